The van der Waals surface area contributed by atoms with Crippen molar-refractivity contribution in [1.82, 2.24) is 0 Å². The van der Waals surface area contributed by atoms with Gasteiger partial charge in [-0.25, -0.2) is 0 Å². The normalized spacial score (nSPS) is 16.0. The molecule has 0 saturated carbocycles. The van der Waals surface area contributed by atoms with Crippen molar-refractivity contribution < 1.29 is 24.1 Å². The van der Waals surface area contributed by atoms with Crippen LogP contribution in [0.5, 0.6) is 23.0 Å². The van der Waals surface area contributed by atoms with Gasteiger partial charge in [0.1, 0.15) is 11.5 Å². The molecule has 0 radical (unpaired) electrons. The van der Waals surface area contributed by atoms with Gasteiger partial charge in [0.2, 0.25) is 0 Å². The fourth-order valence-corrected chi connectivity index (χ4v) is 3.49. The Morgan fingerprint density at radius 1 is 0.962 bits per heavy atom. The lowest BCUT2D eigenvalue weighted by Crippen LogP contribution is -2.35. The Morgan fingerprint density at radius 3 is 2.35 bits per heavy atom. The summed E-state index contributed by atoms with van der Waals surface area (Å²) >= 11 is 0. The maximum absolute atomic E-state index is 9.92. The Hall–Kier alpha value is -2.60. The number of methoxy groups -OCH3 is 4. The Bertz CT molecular complexity index is 777. The van der Waals surface area contributed by atoms with E-state index in [0.29, 0.717) is 30.3 Å². The quantitative estimate of drug-likeness (QED) is 0.856. The van der Waals surface area contributed by atoms with Crippen LogP contribution in [0.3, 0.4) is 0 Å². The molecule has 6 heteroatoms. The average molecular weight is 359 g/mol. The lowest BCUT2D eigenvalue weighted by Gasteiger charge is -2.36. The molecule has 0 bridgehead atoms. The van der Waals surface area contributed by atoms with Gasteiger partial charge in [-0.15, -0.1) is 0 Å². The van der Waals surface area contributed by atoms with E-state index in [1.54, 1.807) is 34.5 Å². The van der Waals surface area contributed by atoms with E-state index >= 15 is 0 Å². The number of aliphatic hydroxyl groups is 1. The van der Waals surface area contributed by atoms with Gasteiger partial charge in [-0.2, -0.15) is 0 Å². The first-order valence-corrected chi connectivity index (χ1v) is 8.47. The molecule has 1 N–H and O–H groups in total. The van der Waals surface area contributed by atoms with Gasteiger partial charge in [0.15, 0.2) is 11.5 Å². The molecule has 0 spiro atoms. The second-order valence-electron chi connectivity index (χ2n) is 6.21. The van der Waals surface area contributed by atoms with Gasteiger partial charge in [-0.05, 0) is 23.3 Å². The summed E-state index contributed by atoms with van der Waals surface area (Å²) in [5.74, 6) is 2.76. The van der Waals surface area contributed by atoms with Gasteiger partial charge < -0.3 is 29.0 Å². The van der Waals surface area contributed by atoms with E-state index in [1.165, 1.54) is 0 Å². The maximum atomic E-state index is 9.92. The number of aliphatic hydroxyl groups excluding tert-OH is 1. The van der Waals surface area contributed by atoms with E-state index in [0.717, 1.165) is 22.6 Å². The van der Waals surface area contributed by atoms with Crippen molar-refractivity contribution in [3.05, 3.63) is 41.5 Å². The van der Waals surface area contributed by atoms with Crippen LogP contribution in [0.1, 0.15) is 17.0 Å². The number of nitrogens with zero attached hydrogens (tertiary/aromatic N) is 1. The van der Waals surface area contributed by atoms with E-state index in [9.17, 15) is 5.11 Å². The third kappa shape index (κ3) is 3.24. The van der Waals surface area contributed by atoms with Crippen LogP contribution in [0.2, 0.25) is 0 Å². The van der Waals surface area contributed by atoms with Crippen LogP contribution in [-0.2, 0) is 6.54 Å². The van der Waals surface area contributed by atoms with Crippen molar-refractivity contribution in [2.24, 2.45) is 0 Å². The molecule has 0 saturated heterocycles. The molecule has 1 atom stereocenters. The summed E-state index contributed by atoms with van der Waals surface area (Å²) in [6.07, 6.45) is 0. The first-order valence-electron chi connectivity index (χ1n) is 8.47. The number of ether oxygens (including phenoxy) is 4. The van der Waals surface area contributed by atoms with Crippen LogP contribution in [-0.4, -0.2) is 46.7 Å². The zero-order valence-corrected chi connectivity index (χ0v) is 15.6. The summed E-state index contributed by atoms with van der Waals surface area (Å²) in [4.78, 5) is 2.17. The number of rotatable bonds is 6. The highest BCUT2D eigenvalue weighted by atomic mass is 16.5. The standard InChI is InChI=1S/C20H25NO5/c1-23-15-5-6-17-13(7-15)10-21(11-14(17)12-22)18-8-16(24-2)9-19(25-3)20(18)26-4/h5-9,14,22H,10-12H2,1-4H3. The van der Waals surface area contributed by atoms with Crippen molar-refractivity contribution >= 4 is 5.69 Å². The molecule has 1 aliphatic rings. The Labute approximate surface area is 153 Å². The predicted octanol–water partition coefficient (Wildman–Crippen LogP) is 2.82. The van der Waals surface area contributed by atoms with Gasteiger partial charge in [-0.1, -0.05) is 6.07 Å². The second-order valence-corrected chi connectivity index (χ2v) is 6.21. The average Bonchev–Trinajstić information content (AvgIpc) is 2.70. The van der Waals surface area contributed by atoms with Crippen LogP contribution < -0.4 is 23.8 Å². The summed E-state index contributed by atoms with van der Waals surface area (Å²) in [7, 11) is 6.51. The minimum Gasteiger partial charge on any atom is -0.497 e. The SMILES string of the molecule is COc1ccc2c(c1)CN(c1cc(OC)cc(OC)c1OC)CC2CO. The summed E-state index contributed by atoms with van der Waals surface area (Å²) in [5, 5.41) is 9.92. The summed E-state index contributed by atoms with van der Waals surface area (Å²) in [5.41, 5.74) is 3.15. The highest BCUT2D eigenvalue weighted by Gasteiger charge is 2.28. The van der Waals surface area contributed by atoms with Gasteiger partial charge in [0.25, 0.3) is 0 Å². The smallest absolute Gasteiger partial charge is 0.184 e. The summed E-state index contributed by atoms with van der Waals surface area (Å²) in [6, 6.07) is 9.73. The molecular formula is C20H25NO5. The Kier molecular flexibility index (Phi) is 5.42. The van der Waals surface area contributed by atoms with Crippen LogP contribution >= 0.6 is 0 Å². The van der Waals surface area contributed by atoms with Crippen LogP contribution in [0, 0.1) is 0 Å². The molecule has 1 heterocycles. The lowest BCUT2D eigenvalue weighted by atomic mass is 9.89. The number of fused-ring (bicyclic) bond motifs is 1. The van der Waals surface area contributed by atoms with Crippen molar-refractivity contribution in [3.8, 4) is 23.0 Å². The number of hydrogen-bond acceptors (Lipinski definition) is 6. The van der Waals surface area contributed by atoms with Gasteiger partial charge in [-0.3, -0.25) is 0 Å². The number of benzene rings is 2. The molecule has 3 rings (SSSR count). The third-order valence-electron chi connectivity index (χ3n) is 4.82. The molecule has 0 aromatic heterocycles. The van der Waals surface area contributed by atoms with Crippen molar-refractivity contribution in [1.29, 1.82) is 0 Å². The zero-order valence-electron chi connectivity index (χ0n) is 15.6. The molecule has 2 aromatic rings. The van der Waals surface area contributed by atoms with Gasteiger partial charge in [0, 0.05) is 31.1 Å². The highest BCUT2D eigenvalue weighted by molar-refractivity contribution is 5.69. The van der Waals surface area contributed by atoms with E-state index in [-0.39, 0.29) is 12.5 Å². The van der Waals surface area contributed by atoms with E-state index in [2.05, 4.69) is 4.90 Å². The molecule has 1 unspecified atom stereocenters. The van der Waals surface area contributed by atoms with Crippen molar-refractivity contribution in [2.75, 3.05) is 46.5 Å². The fourth-order valence-electron chi connectivity index (χ4n) is 3.49. The zero-order chi connectivity index (χ0) is 18.7. The van der Waals surface area contributed by atoms with Crippen LogP contribution in [0.4, 0.5) is 5.69 Å². The first-order chi connectivity index (χ1) is 12.6. The van der Waals surface area contributed by atoms with E-state index < -0.39 is 0 Å². The topological polar surface area (TPSA) is 60.4 Å². The molecule has 26 heavy (non-hydrogen) atoms. The highest BCUT2D eigenvalue weighted by Crippen LogP contribution is 2.44. The Morgan fingerprint density at radius 2 is 1.73 bits per heavy atom. The summed E-state index contributed by atoms with van der Waals surface area (Å²) in [6.45, 7) is 1.41. The molecule has 0 amide bonds. The predicted molar refractivity (Wildman–Crippen MR) is 100.0 cm³/mol. The largest absolute Gasteiger partial charge is 0.497 e. The third-order valence-corrected chi connectivity index (χ3v) is 4.82. The molecule has 1 aliphatic heterocycles. The van der Waals surface area contributed by atoms with Gasteiger partial charge >= 0.3 is 0 Å². The molecule has 0 fully saturated rings. The van der Waals surface area contributed by atoms with Gasteiger partial charge in [0.05, 0.1) is 40.7 Å². The minimum atomic E-state index is 0.00607. The number of anilines is 1. The first kappa shape index (κ1) is 18.2. The summed E-state index contributed by atoms with van der Waals surface area (Å²) < 4.78 is 21.9. The molecule has 140 valence electrons. The minimum absolute atomic E-state index is 0.00607. The second kappa shape index (κ2) is 7.74. The van der Waals surface area contributed by atoms with Crippen molar-refractivity contribution in [2.45, 2.75) is 12.5 Å². The van der Waals surface area contributed by atoms with Crippen molar-refractivity contribution in [3.63, 3.8) is 0 Å². The molecule has 2 aromatic carbocycles. The fraction of sp³-hybridized carbons (Fsp3) is 0.400. The monoisotopic (exact) mass is 359 g/mol. The Balaban J connectivity index is 2.07. The molecular weight excluding hydrogens is 334 g/mol. The lowest BCUT2D eigenvalue weighted by molar-refractivity contribution is 0.261. The molecule has 6 nitrogen and oxygen atoms in total. The van der Waals surface area contributed by atoms with Crippen LogP contribution in [0.15, 0.2) is 30.3 Å². The van der Waals surface area contributed by atoms with E-state index in [1.807, 2.05) is 24.3 Å². The molecule has 0 aliphatic carbocycles. The number of hydrogen-bond donors (Lipinski definition) is 1. The van der Waals surface area contributed by atoms with E-state index in [4.69, 9.17) is 18.9 Å². The maximum Gasteiger partial charge on any atom is 0.184 e. The van der Waals surface area contributed by atoms with Crippen LogP contribution in [0.25, 0.3) is 0 Å².